The summed E-state index contributed by atoms with van der Waals surface area (Å²) in [6.45, 7) is 7.86. The van der Waals surface area contributed by atoms with E-state index in [1.165, 1.54) is 6.07 Å². The number of ether oxygens (including phenoxy) is 1. The molecule has 1 aromatic carbocycles. The predicted octanol–water partition coefficient (Wildman–Crippen LogP) is 4.45. The Kier molecular flexibility index (Phi) is 4.69. The summed E-state index contributed by atoms with van der Waals surface area (Å²) in [5.41, 5.74) is 2.90. The second-order valence-electron chi connectivity index (χ2n) is 5.82. The molecule has 0 spiro atoms. The summed E-state index contributed by atoms with van der Waals surface area (Å²) in [4.78, 5) is 4.62. The first kappa shape index (κ1) is 16.3. The Balaban J connectivity index is 2.37. The number of benzene rings is 1. The molecule has 22 heavy (non-hydrogen) atoms. The minimum absolute atomic E-state index is 0.231. The fraction of sp³-hybridized carbons (Fsp3) is 0.389. The molecule has 0 unspecified atom stereocenters. The predicted molar refractivity (Wildman–Crippen MR) is 88.0 cm³/mol. The van der Waals surface area contributed by atoms with Crippen molar-refractivity contribution < 1.29 is 9.13 Å². The Bertz CT molecular complexity index is 668. The topological polar surface area (TPSA) is 34.1 Å². The molecule has 0 aliphatic heterocycles. The molecular formula is C18H23FN2O. The highest BCUT2D eigenvalue weighted by Crippen LogP contribution is 2.31. The maximum atomic E-state index is 14.2. The smallest absolute Gasteiger partial charge is 0.167 e. The van der Waals surface area contributed by atoms with Crippen LogP contribution in [0, 0.1) is 12.7 Å². The summed E-state index contributed by atoms with van der Waals surface area (Å²) in [6.07, 6.45) is 0.858. The van der Waals surface area contributed by atoms with E-state index in [1.54, 1.807) is 19.2 Å². The number of hydrogen-bond donors (Lipinski definition) is 1. The average molecular weight is 302 g/mol. The van der Waals surface area contributed by atoms with Gasteiger partial charge in [-0.25, -0.2) is 4.39 Å². The number of halogens is 1. The third-order valence-electron chi connectivity index (χ3n) is 3.65. The van der Waals surface area contributed by atoms with Crippen molar-refractivity contribution in [2.24, 2.45) is 0 Å². The van der Waals surface area contributed by atoms with E-state index in [4.69, 9.17) is 4.74 Å². The van der Waals surface area contributed by atoms with Crippen molar-refractivity contribution in [3.05, 3.63) is 53.1 Å². The molecule has 1 N–H and O–H groups in total. The summed E-state index contributed by atoms with van der Waals surface area (Å²) in [5, 5.41) is 2.91. The third-order valence-corrected chi connectivity index (χ3v) is 3.65. The number of aryl methyl sites for hydroxylation is 2. The van der Waals surface area contributed by atoms with Crippen molar-refractivity contribution >= 4 is 5.69 Å². The minimum atomic E-state index is -0.709. The lowest BCUT2D eigenvalue weighted by molar-refractivity contribution is 0.0967. The van der Waals surface area contributed by atoms with E-state index in [9.17, 15) is 4.39 Å². The van der Waals surface area contributed by atoms with Gasteiger partial charge in [0.25, 0.3) is 0 Å². The quantitative estimate of drug-likeness (QED) is 0.886. The second kappa shape index (κ2) is 6.34. The van der Waals surface area contributed by atoms with Crippen molar-refractivity contribution in [2.75, 3.05) is 12.4 Å². The third kappa shape index (κ3) is 3.38. The van der Waals surface area contributed by atoms with Crippen molar-refractivity contribution in [3.8, 4) is 5.75 Å². The Morgan fingerprint density at radius 3 is 2.55 bits per heavy atom. The normalized spacial score (nSPS) is 11.4. The molecule has 0 aliphatic rings. The van der Waals surface area contributed by atoms with Crippen molar-refractivity contribution in [2.45, 2.75) is 39.7 Å². The highest BCUT2D eigenvalue weighted by molar-refractivity contribution is 5.47. The Morgan fingerprint density at radius 1 is 1.23 bits per heavy atom. The molecule has 0 fully saturated rings. The maximum absolute atomic E-state index is 14.2. The number of anilines is 1. The van der Waals surface area contributed by atoms with Crippen LogP contribution >= 0.6 is 0 Å². The molecule has 0 radical (unpaired) electrons. The van der Waals surface area contributed by atoms with E-state index < -0.39 is 5.60 Å². The molecule has 1 aromatic heterocycles. The van der Waals surface area contributed by atoms with Gasteiger partial charge in [-0.1, -0.05) is 13.0 Å². The zero-order chi connectivity index (χ0) is 16.3. The van der Waals surface area contributed by atoms with Gasteiger partial charge in [-0.3, -0.25) is 4.98 Å². The number of nitrogens with zero attached hydrogens (tertiary/aromatic N) is 1. The minimum Gasteiger partial charge on any atom is -0.478 e. The number of rotatable bonds is 5. The van der Waals surface area contributed by atoms with Gasteiger partial charge in [0.15, 0.2) is 11.6 Å². The van der Waals surface area contributed by atoms with Crippen LogP contribution in [0.1, 0.15) is 37.7 Å². The lowest BCUT2D eigenvalue weighted by atomic mass is 9.97. The second-order valence-corrected chi connectivity index (χ2v) is 5.82. The van der Waals surface area contributed by atoms with Gasteiger partial charge in [-0.05, 0) is 51.0 Å². The van der Waals surface area contributed by atoms with Crippen LogP contribution in [0.4, 0.5) is 10.1 Å². The number of aromatic nitrogens is 1. The van der Waals surface area contributed by atoms with Crippen molar-refractivity contribution in [1.82, 2.24) is 4.98 Å². The summed E-state index contributed by atoms with van der Waals surface area (Å²) < 4.78 is 20.1. The molecule has 0 atom stereocenters. The van der Waals surface area contributed by atoms with E-state index in [1.807, 2.05) is 26.8 Å². The highest BCUT2D eigenvalue weighted by Gasteiger charge is 2.28. The molecule has 0 aliphatic carbocycles. The first-order chi connectivity index (χ1) is 10.4. The van der Waals surface area contributed by atoms with Crippen LogP contribution in [-0.4, -0.2) is 12.0 Å². The SMILES string of the molecule is CCc1ccc(C)nc1C(C)(C)Oc1ccc(NC)cc1F. The van der Waals surface area contributed by atoms with Crippen LogP contribution in [0.15, 0.2) is 30.3 Å². The summed E-state index contributed by atoms with van der Waals surface area (Å²) in [7, 11) is 1.75. The summed E-state index contributed by atoms with van der Waals surface area (Å²) in [5.74, 6) is -0.153. The van der Waals surface area contributed by atoms with Crippen LogP contribution in [0.25, 0.3) is 0 Å². The Morgan fingerprint density at radius 2 is 1.95 bits per heavy atom. The lowest BCUT2D eigenvalue weighted by Gasteiger charge is -2.28. The molecule has 2 aromatic rings. The van der Waals surface area contributed by atoms with E-state index in [2.05, 4.69) is 23.3 Å². The maximum Gasteiger partial charge on any atom is 0.167 e. The number of hydrogen-bond acceptors (Lipinski definition) is 3. The zero-order valence-corrected chi connectivity index (χ0v) is 13.8. The number of pyridine rings is 1. The van der Waals surface area contributed by atoms with Gasteiger partial charge in [0, 0.05) is 24.5 Å². The average Bonchev–Trinajstić information content (AvgIpc) is 2.49. The first-order valence-electron chi connectivity index (χ1n) is 7.50. The largest absolute Gasteiger partial charge is 0.478 e. The van der Waals surface area contributed by atoms with Crippen LogP contribution < -0.4 is 10.1 Å². The van der Waals surface area contributed by atoms with Crippen molar-refractivity contribution in [3.63, 3.8) is 0 Å². The molecule has 4 heteroatoms. The number of nitrogens with one attached hydrogen (secondary N) is 1. The highest BCUT2D eigenvalue weighted by atomic mass is 19.1. The lowest BCUT2D eigenvalue weighted by Crippen LogP contribution is -2.29. The molecule has 0 bridgehead atoms. The van der Waals surface area contributed by atoms with Gasteiger partial charge in [0.2, 0.25) is 0 Å². The summed E-state index contributed by atoms with van der Waals surface area (Å²) >= 11 is 0. The van der Waals surface area contributed by atoms with Gasteiger partial charge in [0.1, 0.15) is 5.60 Å². The molecule has 0 amide bonds. The molecular weight excluding hydrogens is 279 g/mol. The molecule has 2 rings (SSSR count). The molecule has 1 heterocycles. The van der Waals surface area contributed by atoms with Gasteiger partial charge in [-0.2, -0.15) is 0 Å². The molecule has 3 nitrogen and oxygen atoms in total. The van der Waals surface area contributed by atoms with Gasteiger partial charge in [0.05, 0.1) is 5.69 Å². The zero-order valence-electron chi connectivity index (χ0n) is 13.8. The monoisotopic (exact) mass is 302 g/mol. The van der Waals surface area contributed by atoms with E-state index in [-0.39, 0.29) is 11.6 Å². The van der Waals surface area contributed by atoms with E-state index in [0.29, 0.717) is 5.69 Å². The standard InChI is InChI=1S/C18H23FN2O/c1-6-13-8-7-12(2)21-17(13)18(3,4)22-16-10-9-14(20-5)11-15(16)19/h7-11,20H,6H2,1-5H3. The summed E-state index contributed by atoms with van der Waals surface area (Å²) in [6, 6.07) is 8.91. The first-order valence-corrected chi connectivity index (χ1v) is 7.50. The van der Waals surface area contributed by atoms with Gasteiger partial charge >= 0.3 is 0 Å². The Labute approximate surface area is 131 Å². The molecule has 0 saturated carbocycles. The van der Waals surface area contributed by atoms with Gasteiger partial charge in [-0.15, -0.1) is 0 Å². The van der Waals surface area contributed by atoms with Crippen LogP contribution in [0.2, 0.25) is 0 Å². The van der Waals surface area contributed by atoms with E-state index >= 15 is 0 Å². The fourth-order valence-corrected chi connectivity index (χ4v) is 2.45. The van der Waals surface area contributed by atoms with Crippen LogP contribution in [-0.2, 0) is 12.0 Å². The molecule has 0 saturated heterocycles. The Hall–Kier alpha value is -2.10. The van der Waals surface area contributed by atoms with E-state index in [0.717, 1.165) is 23.4 Å². The molecule has 118 valence electrons. The van der Waals surface area contributed by atoms with Crippen molar-refractivity contribution in [1.29, 1.82) is 0 Å². The van der Waals surface area contributed by atoms with Gasteiger partial charge < -0.3 is 10.1 Å². The van der Waals surface area contributed by atoms with Crippen LogP contribution in [0.5, 0.6) is 5.75 Å². The fourth-order valence-electron chi connectivity index (χ4n) is 2.45. The van der Waals surface area contributed by atoms with Crippen LogP contribution in [0.3, 0.4) is 0 Å².